The summed E-state index contributed by atoms with van der Waals surface area (Å²) in [6, 6.07) is 4.55. The van der Waals surface area contributed by atoms with E-state index in [1.54, 1.807) is 17.7 Å². The number of rotatable bonds is 4. The van der Waals surface area contributed by atoms with Crippen LogP contribution in [0.4, 0.5) is 5.69 Å². The van der Waals surface area contributed by atoms with Gasteiger partial charge in [0.25, 0.3) is 0 Å². The molecule has 1 aliphatic carbocycles. The Balaban J connectivity index is 1.76. The molecule has 22 heavy (non-hydrogen) atoms. The Morgan fingerprint density at radius 2 is 2.27 bits per heavy atom. The normalized spacial score (nSPS) is 28.3. The molecule has 0 spiro atoms. The first-order valence-corrected chi connectivity index (χ1v) is 8.86. The Kier molecular flexibility index (Phi) is 4.58. The van der Waals surface area contributed by atoms with Gasteiger partial charge in [-0.3, -0.25) is 0 Å². The molecule has 2 heterocycles. The number of nitrogens with zero attached hydrogens (tertiary/aromatic N) is 2. The molecule has 2 unspecified atom stereocenters. The molecule has 3 rings (SSSR count). The quantitative estimate of drug-likeness (QED) is 0.807. The summed E-state index contributed by atoms with van der Waals surface area (Å²) in [4.78, 5) is 5.66. The highest BCUT2D eigenvalue weighted by atomic mass is 32.1. The van der Waals surface area contributed by atoms with Crippen molar-refractivity contribution in [1.29, 1.82) is 10.7 Å². The lowest BCUT2D eigenvalue weighted by Crippen LogP contribution is -2.38. The summed E-state index contributed by atoms with van der Waals surface area (Å²) in [7, 11) is 0. The summed E-state index contributed by atoms with van der Waals surface area (Å²) < 4.78 is 0. The zero-order chi connectivity index (χ0) is 15.5. The maximum Gasteiger partial charge on any atom is 0.0892 e. The van der Waals surface area contributed by atoms with Gasteiger partial charge in [0.05, 0.1) is 29.0 Å². The largest absolute Gasteiger partial charge is 0.368 e. The van der Waals surface area contributed by atoms with E-state index in [9.17, 15) is 0 Å². The second-order valence-electron chi connectivity index (χ2n) is 6.42. The first-order chi connectivity index (χ1) is 10.7. The Labute approximate surface area is 135 Å². The molecule has 2 N–H and O–H groups in total. The molecule has 1 fully saturated rings. The van der Waals surface area contributed by atoms with E-state index in [4.69, 9.17) is 10.7 Å². The minimum absolute atomic E-state index is 0.183. The first-order valence-electron chi connectivity index (χ1n) is 7.98. The number of hydrogen-bond donors (Lipinski definition) is 2. The summed E-state index contributed by atoms with van der Waals surface area (Å²) in [5.74, 6) is 1.32. The maximum absolute atomic E-state index is 8.86. The van der Waals surface area contributed by atoms with Crippen molar-refractivity contribution in [3.8, 4) is 6.07 Å². The Morgan fingerprint density at radius 3 is 2.95 bits per heavy atom. The van der Waals surface area contributed by atoms with Crippen LogP contribution in [0.15, 0.2) is 16.4 Å². The molecule has 2 atom stereocenters. The third kappa shape index (κ3) is 2.93. The molecule has 1 aromatic heterocycles. The summed E-state index contributed by atoms with van der Waals surface area (Å²) in [5.41, 5.74) is 1.81. The molecule has 0 amide bonds. The molecule has 4 nitrogen and oxygen atoms in total. The second-order valence-corrected chi connectivity index (χ2v) is 7.37. The van der Waals surface area contributed by atoms with Gasteiger partial charge in [-0.2, -0.15) is 5.26 Å². The highest BCUT2D eigenvalue weighted by molar-refractivity contribution is 7.10. The first kappa shape index (κ1) is 15.2. The minimum atomic E-state index is 0.183. The monoisotopic (exact) mass is 314 g/mol. The fraction of sp³-hybridized carbons (Fsp3) is 0.588. The molecule has 0 radical (unpaired) electrons. The Morgan fingerprint density at radius 1 is 1.50 bits per heavy atom. The van der Waals surface area contributed by atoms with E-state index < -0.39 is 0 Å². The van der Waals surface area contributed by atoms with E-state index in [1.807, 2.05) is 6.92 Å². The number of fused-ring (bicyclic) bond motifs is 1. The Bertz CT molecular complexity index is 604. The van der Waals surface area contributed by atoms with Crippen molar-refractivity contribution in [2.75, 3.05) is 0 Å². The van der Waals surface area contributed by atoms with E-state index in [0.717, 1.165) is 37.1 Å². The summed E-state index contributed by atoms with van der Waals surface area (Å²) in [5, 5.41) is 22.7. The maximum atomic E-state index is 8.86. The van der Waals surface area contributed by atoms with Gasteiger partial charge < -0.3 is 10.7 Å². The molecule has 1 aliphatic heterocycles. The number of nitrogens with one attached hydrogen (secondary N) is 2. The molecule has 0 aromatic carbocycles. The van der Waals surface area contributed by atoms with Crippen LogP contribution in [0.1, 0.15) is 49.9 Å². The van der Waals surface area contributed by atoms with Crippen LogP contribution >= 0.6 is 11.3 Å². The van der Waals surface area contributed by atoms with Crippen molar-refractivity contribution in [1.82, 2.24) is 5.32 Å². The lowest BCUT2D eigenvalue weighted by atomic mass is 9.71. The van der Waals surface area contributed by atoms with Crippen LogP contribution in [0.5, 0.6) is 0 Å². The molecule has 1 aromatic rings. The summed E-state index contributed by atoms with van der Waals surface area (Å²) >= 11 is 1.74. The molecule has 1 saturated carbocycles. The van der Waals surface area contributed by atoms with E-state index in [-0.39, 0.29) is 12.0 Å². The zero-order valence-electron chi connectivity index (χ0n) is 12.9. The van der Waals surface area contributed by atoms with Gasteiger partial charge in [0.1, 0.15) is 0 Å². The molecular weight excluding hydrogens is 292 g/mol. The van der Waals surface area contributed by atoms with Gasteiger partial charge in [-0.05, 0) is 55.9 Å². The second kappa shape index (κ2) is 6.62. The van der Waals surface area contributed by atoms with Crippen LogP contribution in [0.3, 0.4) is 0 Å². The molecule has 116 valence electrons. The lowest BCUT2D eigenvalue weighted by molar-refractivity contribution is 0.218. The van der Waals surface area contributed by atoms with Gasteiger partial charge in [0, 0.05) is 18.1 Å². The van der Waals surface area contributed by atoms with Gasteiger partial charge in [0.15, 0.2) is 0 Å². The third-order valence-electron chi connectivity index (χ3n) is 5.05. The van der Waals surface area contributed by atoms with Crippen LogP contribution in [-0.4, -0.2) is 12.1 Å². The van der Waals surface area contributed by atoms with Crippen molar-refractivity contribution in [2.45, 2.75) is 45.1 Å². The van der Waals surface area contributed by atoms with Crippen LogP contribution in [0.25, 0.3) is 0 Å². The summed E-state index contributed by atoms with van der Waals surface area (Å²) in [6.45, 7) is 1.94. The van der Waals surface area contributed by atoms with E-state index in [0.29, 0.717) is 18.3 Å². The Hall–Kier alpha value is -1.67. The highest BCUT2D eigenvalue weighted by Crippen LogP contribution is 2.44. The molecule has 2 aliphatic rings. The smallest absolute Gasteiger partial charge is 0.0892 e. The number of thiophene rings is 1. The summed E-state index contributed by atoms with van der Waals surface area (Å²) in [6.07, 6.45) is 6.98. The number of hydrogen-bond acceptors (Lipinski definition) is 5. The number of nitriles is 1. The minimum Gasteiger partial charge on any atom is -0.368 e. The van der Waals surface area contributed by atoms with Gasteiger partial charge >= 0.3 is 0 Å². The third-order valence-corrected chi connectivity index (χ3v) is 6.04. The molecule has 0 bridgehead atoms. The number of aliphatic imine (C=N–C) groups is 1. The molecule has 5 heteroatoms. The van der Waals surface area contributed by atoms with Gasteiger partial charge in [0.2, 0.25) is 0 Å². The van der Waals surface area contributed by atoms with Crippen LogP contribution in [0, 0.1) is 34.5 Å². The lowest BCUT2D eigenvalue weighted by Gasteiger charge is -2.38. The SMILES string of the molecule is CC(=N)C(C1NC=Nc2ccsc21)[C@H]1CC[C@H](CC#N)CC1. The predicted molar refractivity (Wildman–Crippen MR) is 90.9 cm³/mol. The molecule has 0 saturated heterocycles. The topological polar surface area (TPSA) is 72.0 Å². The van der Waals surface area contributed by atoms with Gasteiger partial charge in [-0.1, -0.05) is 0 Å². The van der Waals surface area contributed by atoms with E-state index >= 15 is 0 Å². The van der Waals surface area contributed by atoms with Crippen molar-refractivity contribution in [2.24, 2.45) is 22.7 Å². The van der Waals surface area contributed by atoms with E-state index in [1.165, 1.54) is 4.88 Å². The van der Waals surface area contributed by atoms with E-state index in [2.05, 4.69) is 27.8 Å². The highest BCUT2D eigenvalue weighted by Gasteiger charge is 2.36. The van der Waals surface area contributed by atoms with Gasteiger partial charge in [-0.15, -0.1) is 11.3 Å². The molecular formula is C17H22N4S. The van der Waals surface area contributed by atoms with Crippen molar-refractivity contribution in [3.05, 3.63) is 16.3 Å². The van der Waals surface area contributed by atoms with Crippen molar-refractivity contribution in [3.63, 3.8) is 0 Å². The van der Waals surface area contributed by atoms with Crippen LogP contribution < -0.4 is 5.32 Å². The van der Waals surface area contributed by atoms with Crippen molar-refractivity contribution < 1.29 is 0 Å². The standard InChI is InChI=1S/C17H22N4S/c1-11(19)15(13-4-2-12(3-5-13)6-8-18)16-17-14(7-9-22-17)20-10-21-16/h7,9-10,12-13,15-16,19H,2-6H2,1H3,(H,20,21)/t12-,13-,15?,16?. The van der Waals surface area contributed by atoms with Crippen LogP contribution in [-0.2, 0) is 0 Å². The fourth-order valence-electron chi connectivity index (χ4n) is 3.94. The average Bonchev–Trinajstić information content (AvgIpc) is 2.98. The van der Waals surface area contributed by atoms with Gasteiger partial charge in [-0.25, -0.2) is 4.99 Å². The zero-order valence-corrected chi connectivity index (χ0v) is 13.7. The average molecular weight is 314 g/mol. The van der Waals surface area contributed by atoms with Crippen LogP contribution in [0.2, 0.25) is 0 Å². The fourth-order valence-corrected chi connectivity index (χ4v) is 4.89. The van der Waals surface area contributed by atoms with Crippen molar-refractivity contribution >= 4 is 29.1 Å². The predicted octanol–water partition coefficient (Wildman–Crippen LogP) is 4.43.